The Bertz CT molecular complexity index is 1040. The minimum Gasteiger partial charge on any atom is -0.408 e. The fraction of sp³-hybridized carbons (Fsp3) is 0.600. The SMILES string of the molecule is O=C(Cn1c(=O)oc2cc(S(=O)(=O)NC3CCCCC3)ccc21)NC1CCCC1. The molecule has 2 aliphatic carbocycles. The minimum absolute atomic E-state index is 0.0552. The smallest absolute Gasteiger partial charge is 0.408 e. The number of amides is 1. The highest BCUT2D eigenvalue weighted by Crippen LogP contribution is 2.22. The van der Waals surface area contributed by atoms with E-state index < -0.39 is 15.8 Å². The maximum atomic E-state index is 12.7. The summed E-state index contributed by atoms with van der Waals surface area (Å²) in [6, 6.07) is 4.44. The van der Waals surface area contributed by atoms with Crippen molar-refractivity contribution in [2.75, 3.05) is 0 Å². The molecular weight excluding hydrogens is 394 g/mol. The minimum atomic E-state index is -3.69. The Balaban J connectivity index is 1.52. The summed E-state index contributed by atoms with van der Waals surface area (Å²) in [7, 11) is -3.69. The van der Waals surface area contributed by atoms with Crippen molar-refractivity contribution in [3.05, 3.63) is 28.7 Å². The van der Waals surface area contributed by atoms with Crippen molar-refractivity contribution >= 4 is 27.0 Å². The molecule has 2 aromatic rings. The molecule has 0 aliphatic heterocycles. The second-order valence-corrected chi connectivity index (χ2v) is 9.80. The maximum Gasteiger partial charge on any atom is 0.420 e. The summed E-state index contributed by atoms with van der Waals surface area (Å²) in [6.07, 6.45) is 8.98. The third kappa shape index (κ3) is 4.56. The predicted octanol–water partition coefficient (Wildman–Crippen LogP) is 2.26. The highest BCUT2D eigenvalue weighted by molar-refractivity contribution is 7.89. The molecule has 29 heavy (non-hydrogen) atoms. The van der Waals surface area contributed by atoms with Crippen LogP contribution in [0.1, 0.15) is 57.8 Å². The first-order chi connectivity index (χ1) is 13.9. The zero-order chi connectivity index (χ0) is 20.4. The van der Waals surface area contributed by atoms with E-state index in [1.165, 1.54) is 22.8 Å². The lowest BCUT2D eigenvalue weighted by Gasteiger charge is -2.22. The van der Waals surface area contributed by atoms with Crippen LogP contribution in [0.25, 0.3) is 11.1 Å². The van der Waals surface area contributed by atoms with Crippen LogP contribution in [0.15, 0.2) is 32.3 Å². The molecule has 2 fully saturated rings. The highest BCUT2D eigenvalue weighted by atomic mass is 32.2. The molecule has 1 aromatic heterocycles. The number of carbonyl (C=O) groups excluding carboxylic acids is 1. The van der Waals surface area contributed by atoms with Gasteiger partial charge in [-0.25, -0.2) is 17.9 Å². The summed E-state index contributed by atoms with van der Waals surface area (Å²) in [4.78, 5) is 24.6. The number of fused-ring (bicyclic) bond motifs is 1. The van der Waals surface area contributed by atoms with E-state index in [9.17, 15) is 18.0 Å². The van der Waals surface area contributed by atoms with Crippen molar-refractivity contribution < 1.29 is 17.6 Å². The Kier molecular flexibility index (Phi) is 5.78. The number of nitrogens with zero attached hydrogens (tertiary/aromatic N) is 1. The summed E-state index contributed by atoms with van der Waals surface area (Å²) in [6.45, 7) is -0.144. The third-order valence-corrected chi connectivity index (χ3v) is 7.42. The van der Waals surface area contributed by atoms with E-state index >= 15 is 0 Å². The van der Waals surface area contributed by atoms with Gasteiger partial charge >= 0.3 is 5.76 Å². The maximum absolute atomic E-state index is 12.7. The van der Waals surface area contributed by atoms with Gasteiger partial charge in [0.05, 0.1) is 10.4 Å². The number of sulfonamides is 1. The van der Waals surface area contributed by atoms with E-state index in [2.05, 4.69) is 10.0 Å². The molecule has 0 unspecified atom stereocenters. The van der Waals surface area contributed by atoms with Gasteiger partial charge in [-0.15, -0.1) is 0 Å². The Hall–Kier alpha value is -2.13. The van der Waals surface area contributed by atoms with Gasteiger partial charge in [-0.2, -0.15) is 0 Å². The van der Waals surface area contributed by atoms with E-state index in [-0.39, 0.29) is 35.0 Å². The number of hydrogen-bond donors (Lipinski definition) is 2. The molecule has 0 saturated heterocycles. The number of rotatable bonds is 6. The zero-order valence-electron chi connectivity index (χ0n) is 16.4. The van der Waals surface area contributed by atoms with Gasteiger partial charge in [0, 0.05) is 18.2 Å². The molecule has 9 heteroatoms. The van der Waals surface area contributed by atoms with Crippen molar-refractivity contribution in [1.82, 2.24) is 14.6 Å². The van der Waals surface area contributed by atoms with Crippen LogP contribution < -0.4 is 15.8 Å². The summed E-state index contributed by atoms with van der Waals surface area (Å²) < 4.78 is 34.6. The Morgan fingerprint density at radius 1 is 1.03 bits per heavy atom. The predicted molar refractivity (Wildman–Crippen MR) is 108 cm³/mol. The fourth-order valence-corrected chi connectivity index (χ4v) is 5.68. The van der Waals surface area contributed by atoms with Gasteiger partial charge in [0.2, 0.25) is 15.9 Å². The van der Waals surface area contributed by atoms with Crippen LogP contribution in [0.3, 0.4) is 0 Å². The lowest BCUT2D eigenvalue weighted by molar-refractivity contribution is -0.122. The molecule has 2 N–H and O–H groups in total. The van der Waals surface area contributed by atoms with E-state index in [1.807, 2.05) is 0 Å². The quantitative estimate of drug-likeness (QED) is 0.743. The van der Waals surface area contributed by atoms with Crippen LogP contribution >= 0.6 is 0 Å². The second kappa shape index (κ2) is 8.31. The van der Waals surface area contributed by atoms with Crippen LogP contribution in [0, 0.1) is 0 Å². The van der Waals surface area contributed by atoms with E-state index in [4.69, 9.17) is 4.42 Å². The molecule has 0 atom stereocenters. The average Bonchev–Trinajstić information content (AvgIpc) is 3.30. The molecule has 2 saturated carbocycles. The number of aromatic nitrogens is 1. The number of carbonyl (C=O) groups is 1. The van der Waals surface area contributed by atoms with Crippen molar-refractivity contribution in [2.45, 2.75) is 81.3 Å². The summed E-state index contributed by atoms with van der Waals surface area (Å²) in [5, 5.41) is 2.94. The van der Waals surface area contributed by atoms with Gasteiger partial charge in [-0.05, 0) is 37.8 Å². The molecule has 2 aliphatic rings. The average molecular weight is 422 g/mol. The third-order valence-electron chi connectivity index (χ3n) is 5.90. The largest absolute Gasteiger partial charge is 0.420 e. The summed E-state index contributed by atoms with van der Waals surface area (Å²) in [5.41, 5.74) is 0.573. The molecule has 4 rings (SSSR count). The van der Waals surface area contributed by atoms with Crippen molar-refractivity contribution in [2.24, 2.45) is 0 Å². The lowest BCUT2D eigenvalue weighted by Crippen LogP contribution is -2.36. The molecule has 0 spiro atoms. The van der Waals surface area contributed by atoms with E-state index in [0.717, 1.165) is 57.8 Å². The molecule has 8 nitrogen and oxygen atoms in total. The van der Waals surface area contributed by atoms with Crippen LogP contribution in [0.4, 0.5) is 0 Å². The summed E-state index contributed by atoms with van der Waals surface area (Å²) in [5.74, 6) is -0.909. The van der Waals surface area contributed by atoms with Crippen LogP contribution in [0.2, 0.25) is 0 Å². The molecule has 1 aromatic carbocycles. The number of hydrogen-bond acceptors (Lipinski definition) is 5. The first-order valence-corrected chi connectivity index (χ1v) is 11.9. The van der Waals surface area contributed by atoms with Gasteiger partial charge in [0.1, 0.15) is 6.54 Å². The van der Waals surface area contributed by atoms with Crippen LogP contribution in [-0.4, -0.2) is 31.0 Å². The molecular formula is C20H27N3O5S. The zero-order valence-corrected chi connectivity index (χ0v) is 17.2. The Labute approximate surface area is 169 Å². The van der Waals surface area contributed by atoms with Crippen molar-refractivity contribution in [3.63, 3.8) is 0 Å². The normalized spacial score (nSPS) is 19.0. The van der Waals surface area contributed by atoms with Crippen molar-refractivity contribution in [3.8, 4) is 0 Å². The van der Waals surface area contributed by atoms with Gasteiger partial charge in [0.25, 0.3) is 0 Å². The van der Waals surface area contributed by atoms with E-state index in [1.54, 1.807) is 0 Å². The molecule has 0 radical (unpaired) electrons. The Morgan fingerprint density at radius 2 is 1.69 bits per heavy atom. The fourth-order valence-electron chi connectivity index (χ4n) is 4.36. The topological polar surface area (TPSA) is 110 Å². The Morgan fingerprint density at radius 3 is 2.41 bits per heavy atom. The molecule has 1 amide bonds. The molecule has 1 heterocycles. The van der Waals surface area contributed by atoms with Crippen LogP contribution in [-0.2, 0) is 21.4 Å². The van der Waals surface area contributed by atoms with Gasteiger partial charge in [-0.3, -0.25) is 9.36 Å². The molecule has 158 valence electrons. The molecule has 0 bridgehead atoms. The highest BCUT2D eigenvalue weighted by Gasteiger charge is 2.24. The van der Waals surface area contributed by atoms with Gasteiger partial charge in [-0.1, -0.05) is 32.1 Å². The van der Waals surface area contributed by atoms with E-state index in [0.29, 0.717) is 5.52 Å². The van der Waals surface area contributed by atoms with Gasteiger partial charge < -0.3 is 9.73 Å². The standard InChI is InChI=1S/C20H27N3O5S/c24-19(21-14-6-4-5-7-14)13-23-17-11-10-16(12-18(17)28-20(23)25)29(26,27)22-15-8-2-1-3-9-15/h10-12,14-15,22H,1-9,13H2,(H,21,24). The van der Waals surface area contributed by atoms with Crippen molar-refractivity contribution in [1.29, 1.82) is 0 Å². The number of oxazole rings is 1. The van der Waals surface area contributed by atoms with Gasteiger partial charge in [0.15, 0.2) is 5.58 Å². The van der Waals surface area contributed by atoms with Crippen LogP contribution in [0.5, 0.6) is 0 Å². The second-order valence-electron chi connectivity index (χ2n) is 8.09. The first kappa shape index (κ1) is 20.2. The first-order valence-electron chi connectivity index (χ1n) is 10.4. The number of nitrogens with one attached hydrogen (secondary N) is 2. The number of benzene rings is 1. The lowest BCUT2D eigenvalue weighted by atomic mass is 9.96. The summed E-state index contributed by atoms with van der Waals surface area (Å²) >= 11 is 0. The monoisotopic (exact) mass is 421 g/mol.